The van der Waals surface area contributed by atoms with E-state index >= 15 is 0 Å². The molecule has 0 saturated carbocycles. The molecule has 1 aromatic carbocycles. The highest BCUT2D eigenvalue weighted by atomic mass is 14.9. The average molecular weight is 205 g/mol. The van der Waals surface area contributed by atoms with Gasteiger partial charge in [0.1, 0.15) is 0 Å². The van der Waals surface area contributed by atoms with Gasteiger partial charge in [-0.25, -0.2) is 0 Å². The molecule has 0 spiro atoms. The summed E-state index contributed by atoms with van der Waals surface area (Å²) >= 11 is 0. The van der Waals surface area contributed by atoms with Crippen LogP contribution in [0.3, 0.4) is 0 Å². The number of unbranched alkanes of at least 4 members (excludes halogenated alkanes) is 2. The third-order valence-electron chi connectivity index (χ3n) is 2.81. The van der Waals surface area contributed by atoms with Gasteiger partial charge in [0, 0.05) is 6.04 Å². The average Bonchev–Trinajstić information content (AvgIpc) is 2.25. The van der Waals surface area contributed by atoms with Gasteiger partial charge in [-0.05, 0) is 32.4 Å². The quantitative estimate of drug-likeness (QED) is 0.696. The first-order valence-electron chi connectivity index (χ1n) is 6.04. The van der Waals surface area contributed by atoms with E-state index in [1.807, 2.05) is 0 Å². The summed E-state index contributed by atoms with van der Waals surface area (Å²) in [5.74, 6) is 0. The molecule has 1 aromatic rings. The molecule has 15 heavy (non-hydrogen) atoms. The van der Waals surface area contributed by atoms with Crippen molar-refractivity contribution in [3.63, 3.8) is 0 Å². The summed E-state index contributed by atoms with van der Waals surface area (Å²) < 4.78 is 0. The lowest BCUT2D eigenvalue weighted by Crippen LogP contribution is -2.19. The number of rotatable bonds is 6. The standard InChI is InChI=1S/C14H23N/c1-4-5-6-11-15-13(3)14-9-7-12(2)8-10-14/h7-10,13,15H,4-6,11H2,1-3H3/t13-/m1/s1. The van der Waals surface area contributed by atoms with E-state index in [1.165, 1.54) is 30.4 Å². The number of nitrogens with one attached hydrogen (secondary N) is 1. The van der Waals surface area contributed by atoms with Crippen LogP contribution in [0.15, 0.2) is 24.3 Å². The second-order valence-electron chi connectivity index (χ2n) is 4.29. The first kappa shape index (κ1) is 12.3. The Morgan fingerprint density at radius 3 is 2.40 bits per heavy atom. The monoisotopic (exact) mass is 205 g/mol. The molecule has 1 atom stereocenters. The molecule has 0 aliphatic rings. The largest absolute Gasteiger partial charge is 0.310 e. The third-order valence-corrected chi connectivity index (χ3v) is 2.81. The normalized spacial score (nSPS) is 12.7. The molecular weight excluding hydrogens is 182 g/mol. The van der Waals surface area contributed by atoms with E-state index in [0.717, 1.165) is 6.54 Å². The lowest BCUT2D eigenvalue weighted by Gasteiger charge is -2.14. The molecule has 0 heterocycles. The molecule has 1 rings (SSSR count). The van der Waals surface area contributed by atoms with Crippen LogP contribution < -0.4 is 5.32 Å². The summed E-state index contributed by atoms with van der Waals surface area (Å²) in [4.78, 5) is 0. The maximum atomic E-state index is 3.55. The van der Waals surface area contributed by atoms with Crippen molar-refractivity contribution in [2.24, 2.45) is 0 Å². The number of aryl methyl sites for hydroxylation is 1. The minimum absolute atomic E-state index is 0.474. The summed E-state index contributed by atoms with van der Waals surface area (Å²) in [6, 6.07) is 9.26. The van der Waals surface area contributed by atoms with E-state index in [9.17, 15) is 0 Å². The van der Waals surface area contributed by atoms with Crippen LogP contribution in [0, 0.1) is 6.92 Å². The van der Waals surface area contributed by atoms with Gasteiger partial charge in [0.2, 0.25) is 0 Å². The lowest BCUT2D eigenvalue weighted by molar-refractivity contribution is 0.544. The summed E-state index contributed by atoms with van der Waals surface area (Å²) in [5, 5.41) is 3.55. The van der Waals surface area contributed by atoms with E-state index in [2.05, 4.69) is 50.4 Å². The summed E-state index contributed by atoms with van der Waals surface area (Å²) in [7, 11) is 0. The van der Waals surface area contributed by atoms with Gasteiger partial charge in [0.25, 0.3) is 0 Å². The molecule has 0 aliphatic heterocycles. The van der Waals surface area contributed by atoms with Crippen LogP contribution in [-0.2, 0) is 0 Å². The Kier molecular flexibility index (Phi) is 5.41. The zero-order chi connectivity index (χ0) is 11.1. The first-order valence-corrected chi connectivity index (χ1v) is 6.04. The Morgan fingerprint density at radius 2 is 1.80 bits per heavy atom. The summed E-state index contributed by atoms with van der Waals surface area (Å²) in [6.07, 6.45) is 3.90. The van der Waals surface area contributed by atoms with E-state index in [1.54, 1.807) is 0 Å². The van der Waals surface area contributed by atoms with Crippen molar-refractivity contribution in [2.75, 3.05) is 6.54 Å². The molecular formula is C14H23N. The second kappa shape index (κ2) is 6.62. The Hall–Kier alpha value is -0.820. The Balaban J connectivity index is 2.33. The zero-order valence-electron chi connectivity index (χ0n) is 10.2. The zero-order valence-corrected chi connectivity index (χ0v) is 10.2. The van der Waals surface area contributed by atoms with E-state index in [0.29, 0.717) is 6.04 Å². The van der Waals surface area contributed by atoms with Crippen LogP contribution in [-0.4, -0.2) is 6.54 Å². The fourth-order valence-electron chi connectivity index (χ4n) is 1.67. The van der Waals surface area contributed by atoms with Gasteiger partial charge in [0.15, 0.2) is 0 Å². The predicted octanol–water partition coefficient (Wildman–Crippen LogP) is 3.84. The fraction of sp³-hybridized carbons (Fsp3) is 0.571. The van der Waals surface area contributed by atoms with Crippen molar-refractivity contribution in [3.05, 3.63) is 35.4 Å². The summed E-state index contributed by atoms with van der Waals surface area (Å²) in [6.45, 7) is 7.73. The van der Waals surface area contributed by atoms with Gasteiger partial charge in [-0.3, -0.25) is 0 Å². The molecule has 0 aromatic heterocycles. The van der Waals surface area contributed by atoms with Crippen molar-refractivity contribution in [1.29, 1.82) is 0 Å². The maximum absolute atomic E-state index is 3.55. The number of benzene rings is 1. The Labute approximate surface area is 93.9 Å². The molecule has 84 valence electrons. The fourth-order valence-corrected chi connectivity index (χ4v) is 1.67. The molecule has 0 radical (unpaired) electrons. The van der Waals surface area contributed by atoms with Crippen LogP contribution in [0.1, 0.15) is 50.3 Å². The third kappa shape index (κ3) is 4.48. The molecule has 1 N–H and O–H groups in total. The van der Waals surface area contributed by atoms with Crippen molar-refractivity contribution in [2.45, 2.75) is 46.1 Å². The van der Waals surface area contributed by atoms with Gasteiger partial charge in [-0.1, -0.05) is 49.6 Å². The lowest BCUT2D eigenvalue weighted by atomic mass is 10.1. The minimum Gasteiger partial charge on any atom is -0.310 e. The highest BCUT2D eigenvalue weighted by Gasteiger charge is 2.02. The molecule has 0 unspecified atom stereocenters. The highest BCUT2D eigenvalue weighted by Crippen LogP contribution is 2.12. The van der Waals surface area contributed by atoms with Crippen molar-refractivity contribution in [1.82, 2.24) is 5.32 Å². The SMILES string of the molecule is CCCCCN[C@H](C)c1ccc(C)cc1. The minimum atomic E-state index is 0.474. The van der Waals surface area contributed by atoms with Crippen LogP contribution in [0.2, 0.25) is 0 Å². The van der Waals surface area contributed by atoms with Crippen LogP contribution in [0.25, 0.3) is 0 Å². The van der Waals surface area contributed by atoms with Crippen molar-refractivity contribution >= 4 is 0 Å². The molecule has 0 saturated heterocycles. The molecule has 1 heteroatoms. The number of hydrogen-bond donors (Lipinski definition) is 1. The molecule has 1 nitrogen and oxygen atoms in total. The van der Waals surface area contributed by atoms with Crippen molar-refractivity contribution < 1.29 is 0 Å². The van der Waals surface area contributed by atoms with Crippen LogP contribution in [0.5, 0.6) is 0 Å². The maximum Gasteiger partial charge on any atom is 0.0291 e. The topological polar surface area (TPSA) is 12.0 Å². The van der Waals surface area contributed by atoms with Gasteiger partial charge in [0.05, 0.1) is 0 Å². The van der Waals surface area contributed by atoms with E-state index in [4.69, 9.17) is 0 Å². The van der Waals surface area contributed by atoms with Gasteiger partial charge in [-0.15, -0.1) is 0 Å². The van der Waals surface area contributed by atoms with Crippen LogP contribution in [0.4, 0.5) is 0 Å². The highest BCUT2D eigenvalue weighted by molar-refractivity contribution is 5.23. The summed E-state index contributed by atoms with van der Waals surface area (Å²) in [5.41, 5.74) is 2.72. The molecule has 0 bridgehead atoms. The Morgan fingerprint density at radius 1 is 1.13 bits per heavy atom. The molecule has 0 fully saturated rings. The second-order valence-corrected chi connectivity index (χ2v) is 4.29. The Bertz CT molecular complexity index is 263. The molecule has 0 amide bonds. The van der Waals surface area contributed by atoms with Gasteiger partial charge >= 0.3 is 0 Å². The van der Waals surface area contributed by atoms with Crippen LogP contribution >= 0.6 is 0 Å². The van der Waals surface area contributed by atoms with E-state index in [-0.39, 0.29) is 0 Å². The van der Waals surface area contributed by atoms with Gasteiger partial charge < -0.3 is 5.32 Å². The molecule has 0 aliphatic carbocycles. The predicted molar refractivity (Wildman–Crippen MR) is 67.1 cm³/mol. The van der Waals surface area contributed by atoms with Crippen molar-refractivity contribution in [3.8, 4) is 0 Å². The van der Waals surface area contributed by atoms with E-state index < -0.39 is 0 Å². The van der Waals surface area contributed by atoms with Gasteiger partial charge in [-0.2, -0.15) is 0 Å². The first-order chi connectivity index (χ1) is 7.24. The smallest absolute Gasteiger partial charge is 0.0291 e. The number of hydrogen-bond acceptors (Lipinski definition) is 1.